The third-order valence-corrected chi connectivity index (χ3v) is 14.6. The molecular formula is C62H86F4N6O10. The first-order chi connectivity index (χ1) is 38.3. The molecule has 10 N–H and O–H groups in total. The fourth-order valence-corrected chi connectivity index (χ4v) is 10.3. The van der Waals surface area contributed by atoms with Gasteiger partial charge in [-0.15, -0.1) is 0 Å². The Kier molecular flexibility index (Phi) is 27.5. The average molecular weight is 1150 g/mol. The smallest absolute Gasteiger partial charge is 0.310 e. The Hall–Kier alpha value is -6.58. The maximum Gasteiger partial charge on any atom is 0.310 e. The highest BCUT2D eigenvalue weighted by molar-refractivity contribution is 5.82. The number of hydrogen-bond donors (Lipinski definition) is 9. The van der Waals surface area contributed by atoms with Crippen LogP contribution in [0, 0.1) is 23.3 Å². The van der Waals surface area contributed by atoms with Crippen LogP contribution in [0.3, 0.4) is 0 Å². The lowest BCUT2D eigenvalue weighted by molar-refractivity contribution is -0.156. The topological polar surface area (TPSA) is 259 Å². The summed E-state index contributed by atoms with van der Waals surface area (Å²) < 4.78 is 58.9. The van der Waals surface area contributed by atoms with E-state index in [9.17, 15) is 51.7 Å². The zero-order valence-corrected chi connectivity index (χ0v) is 49.0. The number of carbonyl (C=O) groups excluding carboxylic acids is 5. The highest BCUT2D eigenvalue weighted by atomic mass is 19.1. The third-order valence-electron chi connectivity index (χ3n) is 14.6. The summed E-state index contributed by atoms with van der Waals surface area (Å²) in [5, 5.41) is 44.7. The molecule has 20 heteroatoms. The Labute approximate surface area is 480 Å². The van der Waals surface area contributed by atoms with Gasteiger partial charge in [-0.05, 0) is 133 Å². The van der Waals surface area contributed by atoms with Crippen LogP contribution in [0.15, 0.2) is 84.9 Å². The van der Waals surface area contributed by atoms with Crippen LogP contribution in [0.5, 0.6) is 0 Å². The summed E-state index contributed by atoms with van der Waals surface area (Å²) in [6.45, 7) is 18.2. The molecule has 2 aliphatic carbocycles. The molecule has 82 heavy (non-hydrogen) atoms. The minimum absolute atomic E-state index is 0.00147. The number of nitrogens with one attached hydrogen (secondary N) is 5. The maximum atomic E-state index is 13.7. The van der Waals surface area contributed by atoms with E-state index in [-0.39, 0.29) is 72.7 Å². The molecule has 452 valence electrons. The summed E-state index contributed by atoms with van der Waals surface area (Å²) in [6.07, 6.45) is 5.37. The maximum absolute atomic E-state index is 13.7. The van der Waals surface area contributed by atoms with Gasteiger partial charge in [-0.2, -0.15) is 0 Å². The van der Waals surface area contributed by atoms with Crippen molar-refractivity contribution < 1.29 is 66.4 Å². The molecule has 0 unspecified atom stereocenters. The molecule has 4 aromatic carbocycles. The number of hydrogen-bond acceptors (Lipinski definition) is 12. The molecule has 2 saturated carbocycles. The van der Waals surface area contributed by atoms with Crippen LogP contribution < -0.4 is 32.3 Å². The van der Waals surface area contributed by atoms with Crippen molar-refractivity contribution in [2.24, 2.45) is 5.73 Å². The molecular weight excluding hydrogens is 1060 g/mol. The predicted octanol–water partition coefficient (Wildman–Crippen LogP) is 7.70. The van der Waals surface area contributed by atoms with Gasteiger partial charge in [0.15, 0.2) is 0 Å². The van der Waals surface area contributed by atoms with E-state index in [1.807, 2.05) is 6.07 Å². The minimum atomic E-state index is -1.01. The van der Waals surface area contributed by atoms with Crippen molar-refractivity contribution in [1.29, 1.82) is 0 Å². The summed E-state index contributed by atoms with van der Waals surface area (Å²) in [6, 6.07) is 22.3. The van der Waals surface area contributed by atoms with Gasteiger partial charge in [-0.3, -0.25) is 28.8 Å². The van der Waals surface area contributed by atoms with Crippen LogP contribution in [0.2, 0.25) is 0 Å². The molecule has 0 radical (unpaired) electrons. The number of amides is 3. The largest absolute Gasteiger partial charge is 0.483 e. The predicted molar refractivity (Wildman–Crippen MR) is 306 cm³/mol. The van der Waals surface area contributed by atoms with Gasteiger partial charge in [0.05, 0.1) is 24.3 Å². The number of rotatable bonds is 18. The molecule has 0 bridgehead atoms. The summed E-state index contributed by atoms with van der Waals surface area (Å²) in [4.78, 5) is 62.7. The second-order valence-corrected chi connectivity index (χ2v) is 23.4. The van der Waals surface area contributed by atoms with E-state index >= 15 is 0 Å². The van der Waals surface area contributed by atoms with E-state index in [1.165, 1.54) is 63.1 Å². The SMILES string of the molecule is CC(=O)N[C@@H](Cc1cc(F)cc(F)c1)[C@H](O)CNC1(c2cccc(C(C)(C)C)c2)CCC(N)CC1.CC(=O)N[C@@H](Cc1cc(F)cc(F)c1)[C@H](O)CNC1(c2cccc(C(C)(C)C)c2)CCC(NC=O)CC1.CC(=O)OC(C)=O.O=CO. The second kappa shape index (κ2) is 32.3. The van der Waals surface area contributed by atoms with Gasteiger partial charge in [0.2, 0.25) is 18.2 Å². The molecule has 16 nitrogen and oxygen atoms in total. The molecule has 0 saturated heterocycles. The number of carbonyl (C=O) groups is 6. The molecule has 0 heterocycles. The van der Waals surface area contributed by atoms with Gasteiger partial charge >= 0.3 is 11.9 Å². The fraction of sp³-hybridized carbons (Fsp3) is 0.516. The summed E-state index contributed by atoms with van der Waals surface area (Å²) in [7, 11) is 0. The zero-order valence-electron chi connectivity index (χ0n) is 49.0. The van der Waals surface area contributed by atoms with Crippen LogP contribution in [0.4, 0.5) is 17.6 Å². The van der Waals surface area contributed by atoms with Crippen LogP contribution in [0.1, 0.15) is 154 Å². The molecule has 2 aliphatic rings. The van der Waals surface area contributed by atoms with Crippen LogP contribution in [-0.4, -0.2) is 101 Å². The highest BCUT2D eigenvalue weighted by Crippen LogP contribution is 2.40. The number of ether oxygens (including phenoxy) is 1. The Morgan fingerprint density at radius 2 is 0.951 bits per heavy atom. The third kappa shape index (κ3) is 23.3. The second-order valence-electron chi connectivity index (χ2n) is 23.4. The Morgan fingerprint density at radius 1 is 0.610 bits per heavy atom. The van der Waals surface area contributed by atoms with Crippen molar-refractivity contribution in [2.75, 3.05) is 13.1 Å². The van der Waals surface area contributed by atoms with Gasteiger partial charge in [-0.1, -0.05) is 90.1 Å². The number of carboxylic acid groups (broad SMARTS) is 1. The van der Waals surface area contributed by atoms with Gasteiger partial charge in [0.25, 0.3) is 6.47 Å². The first kappa shape index (κ1) is 69.7. The Bertz CT molecular complexity index is 2670. The van der Waals surface area contributed by atoms with Crippen molar-refractivity contribution in [3.05, 3.63) is 142 Å². The van der Waals surface area contributed by atoms with E-state index in [0.29, 0.717) is 11.1 Å². The quantitative estimate of drug-likeness (QED) is 0.0201. The summed E-state index contributed by atoms with van der Waals surface area (Å²) >= 11 is 0. The molecule has 2 fully saturated rings. The standard InChI is InChI=1S/C29H39F2N3O3.C28H39F2N3O2.C4H6O3.CH2O2/c1-19(36)34-26(14-20-12-23(30)16-24(31)13-20)27(37)17-33-29(10-8-25(9-11-29)32-18-35)22-7-5-6-21(15-22)28(2,3)4;1-18(34)33-25(14-19-12-22(29)16-23(30)13-19)26(35)17-32-28(10-8-24(31)9-11-28)21-7-5-6-20(15-21)27(2,3)4;1-3(5)7-4(2)6;2-1-3/h5-7,12-13,15-16,18,25-27,33,37H,8-11,14,17H2,1-4H3,(H,32,35)(H,34,36);5-7,12-13,15-16,24-26,32,35H,8-11,14,17,31H2,1-4H3,(H,33,34);1-2H3;1H,(H,2,3)/t25?,26-,27+,29?;24?,25-,26+,28?;;/m00../s1. The lowest BCUT2D eigenvalue weighted by atomic mass is 9.73. The zero-order chi connectivity index (χ0) is 61.6. The summed E-state index contributed by atoms with van der Waals surface area (Å²) in [5.74, 6) is -4.57. The number of aliphatic hydroxyl groups excluding tert-OH is 2. The molecule has 0 aromatic heterocycles. The summed E-state index contributed by atoms with van der Waals surface area (Å²) in [5.41, 5.74) is 10.8. The van der Waals surface area contributed by atoms with E-state index in [1.54, 1.807) is 0 Å². The molecule has 0 spiro atoms. The van der Waals surface area contributed by atoms with E-state index in [2.05, 4.69) is 115 Å². The van der Waals surface area contributed by atoms with E-state index in [4.69, 9.17) is 15.6 Å². The van der Waals surface area contributed by atoms with Crippen molar-refractivity contribution in [2.45, 2.75) is 192 Å². The van der Waals surface area contributed by atoms with Gasteiger partial charge in [0.1, 0.15) is 23.3 Å². The van der Waals surface area contributed by atoms with E-state index in [0.717, 1.165) is 81.0 Å². The molecule has 0 aliphatic heterocycles. The first-order valence-electron chi connectivity index (χ1n) is 27.6. The fourth-order valence-electron chi connectivity index (χ4n) is 10.3. The van der Waals surface area contributed by atoms with Gasteiger partial charge < -0.3 is 52.4 Å². The monoisotopic (exact) mass is 1150 g/mol. The number of nitrogens with two attached hydrogens (primary N) is 1. The normalized spacial score (nSPS) is 20.2. The highest BCUT2D eigenvalue weighted by Gasteiger charge is 2.40. The number of halogens is 4. The number of benzene rings is 4. The Morgan fingerprint density at radius 3 is 1.24 bits per heavy atom. The van der Waals surface area contributed by atoms with Gasteiger partial charge in [0, 0.05) is 76.1 Å². The van der Waals surface area contributed by atoms with Crippen molar-refractivity contribution in [3.63, 3.8) is 0 Å². The van der Waals surface area contributed by atoms with Crippen LogP contribution in [-0.2, 0) is 68.3 Å². The van der Waals surface area contributed by atoms with Crippen molar-refractivity contribution in [3.8, 4) is 0 Å². The van der Waals surface area contributed by atoms with Gasteiger partial charge in [-0.25, -0.2) is 17.6 Å². The lowest BCUT2D eigenvalue weighted by Gasteiger charge is -2.43. The average Bonchev–Trinajstić information content (AvgIpc) is 3.37. The van der Waals surface area contributed by atoms with Crippen molar-refractivity contribution >= 4 is 36.6 Å². The van der Waals surface area contributed by atoms with E-state index < -0.39 is 65.0 Å². The lowest BCUT2D eigenvalue weighted by Crippen LogP contribution is -2.54. The Balaban J connectivity index is 0.000000369. The number of esters is 2. The molecule has 3 amide bonds. The molecule has 6 rings (SSSR count). The number of aliphatic hydroxyl groups is 2. The van der Waals surface area contributed by atoms with Crippen molar-refractivity contribution in [1.82, 2.24) is 26.6 Å². The van der Waals surface area contributed by atoms with Crippen LogP contribution >= 0.6 is 0 Å². The molecule has 4 aromatic rings. The first-order valence-corrected chi connectivity index (χ1v) is 27.6. The van der Waals surface area contributed by atoms with Crippen LogP contribution in [0.25, 0.3) is 0 Å². The minimum Gasteiger partial charge on any atom is -0.483 e. The molecule has 4 atom stereocenters.